The van der Waals surface area contributed by atoms with Crippen LogP contribution in [0.15, 0.2) is 40.6 Å². The molecule has 0 aliphatic rings. The molecule has 6 heteroatoms. The molecule has 0 spiro atoms. The second kappa shape index (κ2) is 6.70. The van der Waals surface area contributed by atoms with Crippen LogP contribution in [0.1, 0.15) is 35.9 Å². The third-order valence-corrected chi connectivity index (χ3v) is 5.96. The first-order valence-corrected chi connectivity index (χ1v) is 9.12. The fraction of sp³-hybridized carbons (Fsp3) is 0.333. The molecule has 0 bridgehead atoms. The third-order valence-electron chi connectivity index (χ3n) is 3.29. The molecule has 1 atom stereocenters. The molecular weight excluding hydrogens is 306 g/mol. The number of aliphatic hydroxyl groups is 1. The Morgan fingerprint density at radius 2 is 2.10 bits per heavy atom. The molecule has 2 rings (SSSR count). The summed E-state index contributed by atoms with van der Waals surface area (Å²) in [5, 5.41) is 11.1. The zero-order chi connectivity index (χ0) is 15.5. The fourth-order valence-electron chi connectivity index (χ4n) is 2.13. The molecule has 114 valence electrons. The quantitative estimate of drug-likeness (QED) is 0.858. The molecule has 0 radical (unpaired) electrons. The largest absolute Gasteiger partial charge is 0.392 e. The van der Waals surface area contributed by atoms with Gasteiger partial charge < -0.3 is 5.11 Å². The van der Waals surface area contributed by atoms with Gasteiger partial charge >= 0.3 is 0 Å². The Labute approximate surface area is 129 Å². The van der Waals surface area contributed by atoms with Gasteiger partial charge in [-0.25, -0.2) is 13.1 Å². The van der Waals surface area contributed by atoms with E-state index in [0.29, 0.717) is 12.0 Å². The molecule has 0 amide bonds. The number of sulfonamides is 1. The van der Waals surface area contributed by atoms with E-state index < -0.39 is 10.0 Å². The molecule has 1 aromatic carbocycles. The summed E-state index contributed by atoms with van der Waals surface area (Å²) in [6, 6.07) is 8.58. The topological polar surface area (TPSA) is 66.4 Å². The normalized spacial score (nSPS) is 13.3. The third kappa shape index (κ3) is 3.71. The SMILES string of the molecule is CCc1ccc(CO)cc1S(=O)(=O)NC(C)c1cccs1. The van der Waals surface area contributed by atoms with Gasteiger partial charge in [0.1, 0.15) is 0 Å². The lowest BCUT2D eigenvalue weighted by atomic mass is 10.1. The Morgan fingerprint density at radius 1 is 1.33 bits per heavy atom. The van der Waals surface area contributed by atoms with Gasteiger partial charge in [0.05, 0.1) is 17.5 Å². The van der Waals surface area contributed by atoms with Crippen LogP contribution in [0, 0.1) is 0 Å². The molecule has 4 nitrogen and oxygen atoms in total. The van der Waals surface area contributed by atoms with Gasteiger partial charge in [-0.05, 0) is 42.0 Å². The number of nitrogens with one attached hydrogen (secondary N) is 1. The number of rotatable bonds is 6. The van der Waals surface area contributed by atoms with Gasteiger partial charge in [0.15, 0.2) is 0 Å². The van der Waals surface area contributed by atoms with Crippen molar-refractivity contribution in [2.75, 3.05) is 0 Å². The van der Waals surface area contributed by atoms with E-state index in [9.17, 15) is 13.5 Å². The Morgan fingerprint density at radius 3 is 2.67 bits per heavy atom. The lowest BCUT2D eigenvalue weighted by molar-refractivity contribution is 0.281. The minimum Gasteiger partial charge on any atom is -0.392 e. The zero-order valence-electron chi connectivity index (χ0n) is 12.0. The highest BCUT2D eigenvalue weighted by Gasteiger charge is 2.21. The number of thiophene rings is 1. The van der Waals surface area contributed by atoms with Crippen LogP contribution in [0.3, 0.4) is 0 Å². The van der Waals surface area contributed by atoms with Gasteiger partial charge in [-0.1, -0.05) is 25.1 Å². The Hall–Kier alpha value is -1.21. The van der Waals surface area contributed by atoms with E-state index in [-0.39, 0.29) is 17.5 Å². The molecule has 1 unspecified atom stereocenters. The first kappa shape index (κ1) is 16.2. The summed E-state index contributed by atoms with van der Waals surface area (Å²) >= 11 is 1.52. The summed E-state index contributed by atoms with van der Waals surface area (Å²) in [5.41, 5.74) is 1.34. The van der Waals surface area contributed by atoms with Crippen molar-refractivity contribution in [3.05, 3.63) is 51.7 Å². The molecule has 2 N–H and O–H groups in total. The van der Waals surface area contributed by atoms with Crippen molar-refractivity contribution in [2.45, 2.75) is 37.8 Å². The van der Waals surface area contributed by atoms with E-state index in [1.807, 2.05) is 31.4 Å². The molecule has 1 heterocycles. The summed E-state index contributed by atoms with van der Waals surface area (Å²) in [4.78, 5) is 1.22. The minimum absolute atomic E-state index is 0.174. The number of aliphatic hydroxyl groups excluding tert-OH is 1. The number of aryl methyl sites for hydroxylation is 1. The molecular formula is C15H19NO3S2. The number of hydrogen-bond acceptors (Lipinski definition) is 4. The van der Waals surface area contributed by atoms with Gasteiger partial charge in [-0.2, -0.15) is 0 Å². The van der Waals surface area contributed by atoms with Crippen LogP contribution >= 0.6 is 11.3 Å². The molecule has 0 saturated heterocycles. The van der Waals surface area contributed by atoms with Crippen LogP contribution in [0.4, 0.5) is 0 Å². The molecule has 0 aliphatic carbocycles. The first-order chi connectivity index (χ1) is 9.97. The monoisotopic (exact) mass is 325 g/mol. The average Bonchev–Trinajstić information content (AvgIpc) is 3.00. The van der Waals surface area contributed by atoms with Crippen molar-refractivity contribution < 1.29 is 13.5 Å². The molecule has 0 saturated carbocycles. The molecule has 1 aromatic heterocycles. The number of hydrogen-bond donors (Lipinski definition) is 2. The summed E-state index contributed by atoms with van der Waals surface area (Å²) in [6.45, 7) is 3.56. The predicted molar refractivity (Wildman–Crippen MR) is 84.8 cm³/mol. The van der Waals surface area contributed by atoms with Crippen molar-refractivity contribution >= 4 is 21.4 Å². The van der Waals surface area contributed by atoms with Crippen LogP contribution in [0.2, 0.25) is 0 Å². The Bertz CT molecular complexity index is 694. The summed E-state index contributed by atoms with van der Waals surface area (Å²) in [7, 11) is -3.62. The highest BCUT2D eigenvalue weighted by molar-refractivity contribution is 7.89. The van der Waals surface area contributed by atoms with Crippen molar-refractivity contribution in [2.24, 2.45) is 0 Å². The summed E-state index contributed by atoms with van der Waals surface area (Å²) in [5.74, 6) is 0. The van der Waals surface area contributed by atoms with Gasteiger partial charge in [0.25, 0.3) is 0 Å². The standard InChI is InChI=1S/C15H19NO3S2/c1-3-13-7-6-12(10-17)9-15(13)21(18,19)16-11(2)14-5-4-8-20-14/h4-9,11,16-17H,3,10H2,1-2H3. The second-order valence-electron chi connectivity index (χ2n) is 4.81. The minimum atomic E-state index is -3.62. The first-order valence-electron chi connectivity index (χ1n) is 6.76. The maximum atomic E-state index is 12.6. The molecule has 2 aromatic rings. The smallest absolute Gasteiger partial charge is 0.241 e. The van der Waals surface area contributed by atoms with E-state index in [1.54, 1.807) is 18.2 Å². The van der Waals surface area contributed by atoms with E-state index in [4.69, 9.17) is 0 Å². The zero-order valence-corrected chi connectivity index (χ0v) is 13.7. The lowest BCUT2D eigenvalue weighted by Gasteiger charge is -2.15. The van der Waals surface area contributed by atoms with E-state index in [2.05, 4.69) is 4.72 Å². The Balaban J connectivity index is 2.34. The maximum Gasteiger partial charge on any atom is 0.241 e. The van der Waals surface area contributed by atoms with Crippen molar-refractivity contribution in [3.8, 4) is 0 Å². The van der Waals surface area contributed by atoms with Crippen molar-refractivity contribution in [3.63, 3.8) is 0 Å². The van der Waals surface area contributed by atoms with Crippen LogP contribution < -0.4 is 4.72 Å². The predicted octanol–water partition coefficient (Wildman–Crippen LogP) is 2.84. The number of benzene rings is 1. The van der Waals surface area contributed by atoms with Crippen LogP contribution in [-0.4, -0.2) is 13.5 Å². The average molecular weight is 325 g/mol. The Kier molecular flexibility index (Phi) is 5.16. The van der Waals surface area contributed by atoms with Gasteiger partial charge in [-0.3, -0.25) is 0 Å². The van der Waals surface area contributed by atoms with Crippen molar-refractivity contribution in [1.29, 1.82) is 0 Å². The van der Waals surface area contributed by atoms with Crippen LogP contribution in [0.5, 0.6) is 0 Å². The molecule has 0 aliphatic heterocycles. The maximum absolute atomic E-state index is 12.6. The van der Waals surface area contributed by atoms with Gasteiger partial charge in [0, 0.05) is 4.88 Å². The summed E-state index contributed by atoms with van der Waals surface area (Å²) in [6.07, 6.45) is 0.620. The summed E-state index contributed by atoms with van der Waals surface area (Å²) < 4.78 is 27.9. The van der Waals surface area contributed by atoms with E-state index in [0.717, 1.165) is 10.4 Å². The fourth-order valence-corrected chi connectivity index (χ4v) is 4.52. The van der Waals surface area contributed by atoms with Gasteiger partial charge in [0.2, 0.25) is 10.0 Å². The van der Waals surface area contributed by atoms with Crippen LogP contribution in [-0.2, 0) is 23.1 Å². The second-order valence-corrected chi connectivity index (χ2v) is 7.47. The highest BCUT2D eigenvalue weighted by Crippen LogP contribution is 2.23. The molecule has 0 fully saturated rings. The molecule has 21 heavy (non-hydrogen) atoms. The highest BCUT2D eigenvalue weighted by atomic mass is 32.2. The van der Waals surface area contributed by atoms with Gasteiger partial charge in [-0.15, -0.1) is 11.3 Å². The van der Waals surface area contributed by atoms with Crippen LogP contribution in [0.25, 0.3) is 0 Å². The van der Waals surface area contributed by atoms with E-state index >= 15 is 0 Å². The van der Waals surface area contributed by atoms with Crippen molar-refractivity contribution in [1.82, 2.24) is 4.72 Å². The van der Waals surface area contributed by atoms with E-state index in [1.165, 1.54) is 11.3 Å². The lowest BCUT2D eigenvalue weighted by Crippen LogP contribution is -2.27.